The van der Waals surface area contributed by atoms with Crippen LogP contribution in [0.15, 0.2) is 48.6 Å². The highest BCUT2D eigenvalue weighted by Crippen LogP contribution is 2.43. The summed E-state index contributed by atoms with van der Waals surface area (Å²) in [6.07, 6.45) is 46.0. The Kier molecular flexibility index (Phi) is 39.4. The topological polar surface area (TPSA) is 172 Å². The number of phosphoric acid groups is 1. The maximum absolute atomic E-state index is 12.6. The van der Waals surface area contributed by atoms with Crippen LogP contribution in [-0.4, -0.2) is 59.9 Å². The van der Waals surface area contributed by atoms with Crippen molar-refractivity contribution in [3.8, 4) is 0 Å². The molecule has 3 atom stereocenters. The van der Waals surface area contributed by atoms with E-state index in [2.05, 4.69) is 67.0 Å². The number of carboxylic acids is 1. The number of carbonyl (C=O) groups excluding carboxylic acids is 2. The van der Waals surface area contributed by atoms with Gasteiger partial charge in [0.1, 0.15) is 12.6 Å². The number of nitrogens with two attached hydrogens (primary N) is 1. The summed E-state index contributed by atoms with van der Waals surface area (Å²) in [5.41, 5.74) is 5.34. The van der Waals surface area contributed by atoms with Crippen LogP contribution in [0.1, 0.15) is 194 Å². The SMILES string of the molecule is CC/C=C\C/C=C\C/C=C\CCCCCCCCCC(=O)OC(COC(=O)CCCCCCCCC/C=C\CCCCCCCC)COP(=O)(O)OCC(N)C(=O)O. The van der Waals surface area contributed by atoms with Crippen molar-refractivity contribution in [2.75, 3.05) is 19.8 Å². The number of hydrogen-bond donors (Lipinski definition) is 3. The van der Waals surface area contributed by atoms with Gasteiger partial charge >= 0.3 is 25.7 Å². The van der Waals surface area contributed by atoms with E-state index in [4.69, 9.17) is 24.8 Å². The Hall–Kier alpha value is -2.56. The van der Waals surface area contributed by atoms with Crippen LogP contribution >= 0.6 is 7.82 Å². The van der Waals surface area contributed by atoms with E-state index in [1.165, 1.54) is 70.6 Å². The molecule has 0 aliphatic carbocycles. The number of aliphatic carboxylic acids is 1. The Morgan fingerprint density at radius 1 is 0.552 bits per heavy atom. The molecule has 0 rings (SSSR count). The van der Waals surface area contributed by atoms with E-state index in [9.17, 15) is 23.8 Å². The molecule has 336 valence electrons. The second kappa shape index (κ2) is 41.2. The zero-order valence-electron chi connectivity index (χ0n) is 36.4. The molecule has 0 heterocycles. The van der Waals surface area contributed by atoms with Crippen molar-refractivity contribution in [3.05, 3.63) is 48.6 Å². The molecule has 12 heteroatoms. The third-order valence-corrected chi connectivity index (χ3v) is 10.5. The van der Waals surface area contributed by atoms with Gasteiger partial charge in [0.15, 0.2) is 6.10 Å². The van der Waals surface area contributed by atoms with Crippen molar-refractivity contribution in [2.24, 2.45) is 5.73 Å². The number of carboxylic acid groups (broad SMARTS) is 1. The van der Waals surface area contributed by atoms with E-state index in [0.29, 0.717) is 12.8 Å². The van der Waals surface area contributed by atoms with E-state index >= 15 is 0 Å². The number of hydrogen-bond acceptors (Lipinski definition) is 9. The van der Waals surface area contributed by atoms with Crippen molar-refractivity contribution in [3.63, 3.8) is 0 Å². The quantitative estimate of drug-likeness (QED) is 0.0231. The third kappa shape index (κ3) is 40.2. The van der Waals surface area contributed by atoms with Crippen LogP contribution in [0.5, 0.6) is 0 Å². The maximum atomic E-state index is 12.6. The minimum atomic E-state index is -4.72. The van der Waals surface area contributed by atoms with Crippen LogP contribution in [0, 0.1) is 0 Å². The molecule has 58 heavy (non-hydrogen) atoms. The number of allylic oxidation sites excluding steroid dienone is 8. The molecular weight excluding hydrogens is 757 g/mol. The fraction of sp³-hybridized carbons (Fsp3) is 0.761. The number of esters is 2. The van der Waals surface area contributed by atoms with Crippen LogP contribution in [-0.2, 0) is 37.5 Å². The highest BCUT2D eigenvalue weighted by Gasteiger charge is 2.28. The number of unbranched alkanes of at least 4 members (excludes halogenated alkanes) is 20. The normalized spacial score (nSPS) is 14.1. The van der Waals surface area contributed by atoms with Crippen molar-refractivity contribution in [2.45, 2.75) is 206 Å². The third-order valence-electron chi connectivity index (χ3n) is 9.56. The fourth-order valence-electron chi connectivity index (χ4n) is 6.02. The van der Waals surface area contributed by atoms with Crippen LogP contribution in [0.3, 0.4) is 0 Å². The maximum Gasteiger partial charge on any atom is 0.472 e. The van der Waals surface area contributed by atoms with Gasteiger partial charge in [-0.15, -0.1) is 0 Å². The lowest BCUT2D eigenvalue weighted by molar-refractivity contribution is -0.161. The lowest BCUT2D eigenvalue weighted by Gasteiger charge is -2.20. The monoisotopic (exact) mass is 840 g/mol. The van der Waals surface area contributed by atoms with E-state index in [1.54, 1.807) is 0 Å². The molecule has 0 aromatic rings. The minimum Gasteiger partial charge on any atom is -0.480 e. The van der Waals surface area contributed by atoms with Gasteiger partial charge in [0.2, 0.25) is 0 Å². The molecule has 0 bridgehead atoms. The summed E-state index contributed by atoms with van der Waals surface area (Å²) in [5.74, 6) is -2.40. The van der Waals surface area contributed by atoms with Crippen LogP contribution in [0.25, 0.3) is 0 Å². The minimum absolute atomic E-state index is 0.148. The van der Waals surface area contributed by atoms with Gasteiger partial charge in [0.05, 0.1) is 13.2 Å². The number of ether oxygens (including phenoxy) is 2. The number of carbonyl (C=O) groups is 3. The first kappa shape index (κ1) is 55.4. The lowest BCUT2D eigenvalue weighted by atomic mass is 10.1. The van der Waals surface area contributed by atoms with Crippen molar-refractivity contribution in [1.82, 2.24) is 0 Å². The highest BCUT2D eigenvalue weighted by molar-refractivity contribution is 7.47. The molecule has 0 aliphatic rings. The zero-order valence-corrected chi connectivity index (χ0v) is 37.3. The van der Waals surface area contributed by atoms with Gasteiger partial charge in [-0.05, 0) is 70.6 Å². The van der Waals surface area contributed by atoms with Crippen LogP contribution in [0.2, 0.25) is 0 Å². The van der Waals surface area contributed by atoms with Crippen LogP contribution < -0.4 is 5.73 Å². The molecule has 0 saturated heterocycles. The predicted molar refractivity (Wildman–Crippen MR) is 235 cm³/mol. The first-order chi connectivity index (χ1) is 28.1. The van der Waals surface area contributed by atoms with E-state index in [-0.39, 0.29) is 19.4 Å². The summed E-state index contributed by atoms with van der Waals surface area (Å²) >= 11 is 0. The van der Waals surface area contributed by atoms with Gasteiger partial charge in [-0.1, -0.05) is 159 Å². The second-order valence-electron chi connectivity index (χ2n) is 15.1. The first-order valence-electron chi connectivity index (χ1n) is 22.7. The average molecular weight is 840 g/mol. The molecule has 11 nitrogen and oxygen atoms in total. The Bertz CT molecular complexity index is 1170. The standard InChI is InChI=1S/C46H82NO10P/c1-3-5-7-9-11-13-15-17-19-21-23-25-27-29-31-33-35-37-44(48)54-39-42(40-55-58(52,53)56-41-43(47)46(50)51)57-45(49)38-36-34-32-30-28-26-24-22-20-18-16-14-12-10-8-6-4-2/h6,8,12,14,17-20,42-43H,3-5,7,9-11,13,15-16,21-41,47H2,1-2H3,(H,50,51)(H,52,53)/b8-6-,14-12-,19-17-,20-18-. The second-order valence-corrected chi connectivity index (χ2v) is 16.6. The summed E-state index contributed by atoms with van der Waals surface area (Å²) in [7, 11) is -4.72. The molecule has 0 fully saturated rings. The largest absolute Gasteiger partial charge is 0.480 e. The van der Waals surface area contributed by atoms with Crippen molar-refractivity contribution in [1.29, 1.82) is 0 Å². The molecule has 0 radical (unpaired) electrons. The fourth-order valence-corrected chi connectivity index (χ4v) is 6.79. The summed E-state index contributed by atoms with van der Waals surface area (Å²) in [4.78, 5) is 46.0. The average Bonchev–Trinajstić information content (AvgIpc) is 3.20. The summed E-state index contributed by atoms with van der Waals surface area (Å²) in [6.45, 7) is 2.68. The molecule has 0 spiro atoms. The van der Waals surface area contributed by atoms with Gasteiger partial charge in [0, 0.05) is 12.8 Å². The van der Waals surface area contributed by atoms with Gasteiger partial charge in [-0.2, -0.15) is 0 Å². The van der Waals surface area contributed by atoms with E-state index < -0.39 is 51.1 Å². The van der Waals surface area contributed by atoms with Crippen molar-refractivity contribution >= 4 is 25.7 Å². The van der Waals surface area contributed by atoms with Gasteiger partial charge in [0.25, 0.3) is 0 Å². The number of rotatable bonds is 42. The summed E-state index contributed by atoms with van der Waals surface area (Å²) < 4.78 is 32.7. The highest BCUT2D eigenvalue weighted by atomic mass is 31.2. The van der Waals surface area contributed by atoms with Gasteiger partial charge in [-0.3, -0.25) is 23.4 Å². The molecule has 0 amide bonds. The molecule has 0 aromatic heterocycles. The van der Waals surface area contributed by atoms with E-state index in [1.807, 2.05) is 0 Å². The first-order valence-corrected chi connectivity index (χ1v) is 24.2. The Morgan fingerprint density at radius 3 is 1.47 bits per heavy atom. The van der Waals surface area contributed by atoms with Crippen LogP contribution in [0.4, 0.5) is 0 Å². The van der Waals surface area contributed by atoms with Gasteiger partial charge < -0.3 is 25.2 Å². The predicted octanol–water partition coefficient (Wildman–Crippen LogP) is 12.2. The molecule has 3 unspecified atom stereocenters. The summed E-state index contributed by atoms with van der Waals surface area (Å²) in [6, 6.07) is -1.52. The molecule has 4 N–H and O–H groups in total. The Morgan fingerprint density at radius 2 is 0.966 bits per heavy atom. The van der Waals surface area contributed by atoms with Crippen molar-refractivity contribution < 1.29 is 47.5 Å². The molecule has 0 saturated carbocycles. The molecule has 0 aliphatic heterocycles. The zero-order chi connectivity index (χ0) is 42.8. The Labute approximate surface area is 352 Å². The summed E-state index contributed by atoms with van der Waals surface area (Å²) in [5, 5.41) is 8.90. The smallest absolute Gasteiger partial charge is 0.472 e. The number of phosphoric ester groups is 1. The molecular formula is C46H82NO10P. The lowest BCUT2D eigenvalue weighted by Crippen LogP contribution is -2.34. The van der Waals surface area contributed by atoms with Gasteiger partial charge in [-0.25, -0.2) is 4.57 Å². The van der Waals surface area contributed by atoms with E-state index in [0.717, 1.165) is 83.5 Å². The molecule has 0 aromatic carbocycles. The Balaban J connectivity index is 4.35.